The van der Waals surface area contributed by atoms with Crippen molar-refractivity contribution in [1.82, 2.24) is 0 Å². The van der Waals surface area contributed by atoms with Gasteiger partial charge in [-0.25, -0.2) is 4.79 Å². The highest BCUT2D eigenvalue weighted by atomic mass is 35.5. The lowest BCUT2D eigenvalue weighted by Crippen LogP contribution is -2.02. The first kappa shape index (κ1) is 12.7. The number of carboxylic acids is 1. The second-order valence-electron chi connectivity index (χ2n) is 3.60. The van der Waals surface area contributed by atoms with Crippen molar-refractivity contribution < 1.29 is 9.90 Å². The number of para-hydroxylation sites is 1. The fourth-order valence-corrected chi connectivity index (χ4v) is 1.87. The number of nitrogens with one attached hydrogen (secondary N) is 1. The zero-order chi connectivity index (χ0) is 13.1. The maximum atomic E-state index is 11.1. The molecule has 0 heterocycles. The third kappa shape index (κ3) is 2.75. The average molecular weight is 282 g/mol. The van der Waals surface area contributed by atoms with E-state index in [2.05, 4.69) is 5.32 Å². The van der Waals surface area contributed by atoms with Crippen molar-refractivity contribution in [3.05, 3.63) is 58.1 Å². The van der Waals surface area contributed by atoms with Gasteiger partial charge < -0.3 is 10.4 Å². The molecule has 2 N–H and O–H groups in total. The number of hydrogen-bond donors (Lipinski definition) is 2. The summed E-state index contributed by atoms with van der Waals surface area (Å²) in [5.41, 5.74) is 1.17. The van der Waals surface area contributed by atoms with Gasteiger partial charge in [0.25, 0.3) is 0 Å². The summed E-state index contributed by atoms with van der Waals surface area (Å²) in [5.74, 6) is -1.03. The van der Waals surface area contributed by atoms with Crippen molar-refractivity contribution in [2.75, 3.05) is 5.32 Å². The summed E-state index contributed by atoms with van der Waals surface area (Å²) in [5, 5.41) is 13.0. The summed E-state index contributed by atoms with van der Waals surface area (Å²) in [6.45, 7) is 0. The van der Waals surface area contributed by atoms with Crippen LogP contribution in [0.2, 0.25) is 10.0 Å². The third-order valence-electron chi connectivity index (χ3n) is 2.36. The van der Waals surface area contributed by atoms with E-state index >= 15 is 0 Å². The van der Waals surface area contributed by atoms with Gasteiger partial charge in [-0.15, -0.1) is 0 Å². The number of benzene rings is 2. The molecule has 0 saturated heterocycles. The van der Waals surface area contributed by atoms with Gasteiger partial charge in [0.05, 0.1) is 22.0 Å². The lowest BCUT2D eigenvalue weighted by Gasteiger charge is -2.11. The summed E-state index contributed by atoms with van der Waals surface area (Å²) in [6.07, 6.45) is 0. The van der Waals surface area contributed by atoms with Gasteiger partial charge in [0.1, 0.15) is 0 Å². The lowest BCUT2D eigenvalue weighted by atomic mass is 10.1. The zero-order valence-electron chi connectivity index (χ0n) is 9.15. The molecule has 0 radical (unpaired) electrons. The Balaban J connectivity index is 2.42. The van der Waals surface area contributed by atoms with Crippen LogP contribution < -0.4 is 5.32 Å². The highest BCUT2D eigenvalue weighted by Gasteiger charge is 2.11. The quantitative estimate of drug-likeness (QED) is 0.875. The summed E-state index contributed by atoms with van der Waals surface area (Å²) < 4.78 is 0. The van der Waals surface area contributed by atoms with Crippen LogP contribution in [0.1, 0.15) is 10.4 Å². The number of carbonyl (C=O) groups is 1. The van der Waals surface area contributed by atoms with Gasteiger partial charge in [0, 0.05) is 5.02 Å². The molecule has 2 rings (SSSR count). The van der Waals surface area contributed by atoms with Gasteiger partial charge in [-0.05, 0) is 30.3 Å². The van der Waals surface area contributed by atoms with E-state index in [0.29, 0.717) is 21.4 Å². The minimum absolute atomic E-state index is 0.138. The Bertz CT molecular complexity index is 599. The Kier molecular flexibility index (Phi) is 3.75. The predicted molar refractivity (Wildman–Crippen MR) is 73.1 cm³/mol. The molecule has 0 bridgehead atoms. The smallest absolute Gasteiger partial charge is 0.337 e. The molecule has 2 aromatic carbocycles. The number of hydrogen-bond acceptors (Lipinski definition) is 2. The van der Waals surface area contributed by atoms with Crippen LogP contribution in [0.5, 0.6) is 0 Å². The van der Waals surface area contributed by atoms with Crippen molar-refractivity contribution in [1.29, 1.82) is 0 Å². The highest BCUT2D eigenvalue weighted by Crippen LogP contribution is 2.28. The van der Waals surface area contributed by atoms with Crippen LogP contribution in [-0.2, 0) is 0 Å². The van der Waals surface area contributed by atoms with Crippen LogP contribution >= 0.6 is 23.2 Å². The molecule has 0 aliphatic rings. The van der Waals surface area contributed by atoms with E-state index in [-0.39, 0.29) is 5.56 Å². The number of carboxylic acid groups (broad SMARTS) is 1. The Morgan fingerprint density at radius 1 is 1.06 bits per heavy atom. The van der Waals surface area contributed by atoms with Crippen LogP contribution in [0.15, 0.2) is 42.5 Å². The molecule has 0 aromatic heterocycles. The van der Waals surface area contributed by atoms with E-state index in [1.54, 1.807) is 30.3 Å². The van der Waals surface area contributed by atoms with E-state index in [4.69, 9.17) is 28.3 Å². The van der Waals surface area contributed by atoms with Gasteiger partial charge >= 0.3 is 5.97 Å². The van der Waals surface area contributed by atoms with Gasteiger partial charge in [-0.1, -0.05) is 35.3 Å². The molecule has 5 heteroatoms. The SMILES string of the molecule is O=C(O)c1ccc(Cl)cc1Nc1ccccc1Cl. The summed E-state index contributed by atoms with van der Waals surface area (Å²) >= 11 is 11.9. The van der Waals surface area contributed by atoms with Crippen LogP contribution in [0, 0.1) is 0 Å². The van der Waals surface area contributed by atoms with Crippen LogP contribution in [0.25, 0.3) is 0 Å². The molecule has 18 heavy (non-hydrogen) atoms. The molecule has 92 valence electrons. The monoisotopic (exact) mass is 281 g/mol. The molecular formula is C13H9Cl2NO2. The maximum Gasteiger partial charge on any atom is 0.337 e. The number of halogens is 2. The van der Waals surface area contributed by atoms with Crippen molar-refractivity contribution in [3.63, 3.8) is 0 Å². The first-order valence-electron chi connectivity index (χ1n) is 5.12. The molecule has 3 nitrogen and oxygen atoms in total. The van der Waals surface area contributed by atoms with E-state index in [9.17, 15) is 4.79 Å². The van der Waals surface area contributed by atoms with Crippen molar-refractivity contribution in [3.8, 4) is 0 Å². The Morgan fingerprint density at radius 2 is 1.78 bits per heavy atom. The molecule has 0 unspecified atom stereocenters. The summed E-state index contributed by atoms with van der Waals surface area (Å²) in [4.78, 5) is 11.1. The minimum atomic E-state index is -1.03. The molecule has 0 saturated carbocycles. The number of rotatable bonds is 3. The van der Waals surface area contributed by atoms with E-state index in [1.165, 1.54) is 12.1 Å². The first-order valence-corrected chi connectivity index (χ1v) is 5.88. The maximum absolute atomic E-state index is 11.1. The number of anilines is 2. The minimum Gasteiger partial charge on any atom is -0.478 e. The largest absolute Gasteiger partial charge is 0.478 e. The van der Waals surface area contributed by atoms with E-state index in [0.717, 1.165) is 0 Å². The zero-order valence-corrected chi connectivity index (χ0v) is 10.7. The second-order valence-corrected chi connectivity index (χ2v) is 4.44. The molecule has 0 spiro atoms. The standard InChI is InChI=1S/C13H9Cl2NO2/c14-8-5-6-9(13(17)18)12(7-8)16-11-4-2-1-3-10(11)15/h1-7,16H,(H,17,18). The molecule has 0 aliphatic carbocycles. The lowest BCUT2D eigenvalue weighted by molar-refractivity contribution is 0.0698. The van der Waals surface area contributed by atoms with Gasteiger partial charge in [0.2, 0.25) is 0 Å². The topological polar surface area (TPSA) is 49.3 Å². The molecule has 0 aliphatic heterocycles. The third-order valence-corrected chi connectivity index (χ3v) is 2.92. The van der Waals surface area contributed by atoms with Crippen molar-refractivity contribution in [2.45, 2.75) is 0 Å². The normalized spacial score (nSPS) is 10.1. The van der Waals surface area contributed by atoms with Crippen molar-refractivity contribution in [2.24, 2.45) is 0 Å². The molecule has 2 aromatic rings. The summed E-state index contributed by atoms with van der Waals surface area (Å²) in [6, 6.07) is 11.6. The average Bonchev–Trinajstić information content (AvgIpc) is 2.32. The van der Waals surface area contributed by atoms with Crippen LogP contribution in [0.4, 0.5) is 11.4 Å². The predicted octanol–water partition coefficient (Wildman–Crippen LogP) is 4.44. The molecule has 0 fully saturated rings. The van der Waals surface area contributed by atoms with Crippen molar-refractivity contribution >= 4 is 40.5 Å². The summed E-state index contributed by atoms with van der Waals surface area (Å²) in [7, 11) is 0. The number of aromatic carboxylic acids is 1. The molecular weight excluding hydrogens is 273 g/mol. The van der Waals surface area contributed by atoms with Crippen LogP contribution in [-0.4, -0.2) is 11.1 Å². The Hall–Kier alpha value is -1.71. The van der Waals surface area contributed by atoms with Gasteiger partial charge in [0.15, 0.2) is 0 Å². The molecule has 0 amide bonds. The van der Waals surface area contributed by atoms with Gasteiger partial charge in [-0.3, -0.25) is 0 Å². The van der Waals surface area contributed by atoms with E-state index < -0.39 is 5.97 Å². The van der Waals surface area contributed by atoms with E-state index in [1.807, 2.05) is 0 Å². The Labute approximate surface area is 114 Å². The van der Waals surface area contributed by atoms with Gasteiger partial charge in [-0.2, -0.15) is 0 Å². The Morgan fingerprint density at radius 3 is 2.44 bits per heavy atom. The molecule has 0 atom stereocenters. The van der Waals surface area contributed by atoms with Crippen LogP contribution in [0.3, 0.4) is 0 Å². The highest BCUT2D eigenvalue weighted by molar-refractivity contribution is 6.33. The second kappa shape index (κ2) is 5.29. The fourth-order valence-electron chi connectivity index (χ4n) is 1.51. The first-order chi connectivity index (χ1) is 8.58. The fraction of sp³-hybridized carbons (Fsp3) is 0.